The molecule has 2 N–H and O–H groups in total. The van der Waals surface area contributed by atoms with E-state index in [2.05, 4.69) is 10.6 Å². The number of amides is 2. The highest BCUT2D eigenvalue weighted by Gasteiger charge is 2.13. The van der Waals surface area contributed by atoms with Gasteiger partial charge in [-0.3, -0.25) is 14.4 Å². The van der Waals surface area contributed by atoms with Crippen LogP contribution in [0.25, 0.3) is 6.08 Å². The van der Waals surface area contributed by atoms with Crippen LogP contribution in [0.3, 0.4) is 0 Å². The standard InChI is InChI=1S/C26H20ClN3O4/c1-17(31)23-7-2-3-8-24(23)30-26(33)19(15-28)13-18-9-11-22(12-10-18)34-16-25(32)29-21-6-4-5-20(27)14-21/h2-14H,16H2,1H3,(H,29,32)(H,30,33)/b19-13-. The molecular formula is C26H20ClN3O4. The molecule has 0 saturated heterocycles. The van der Waals surface area contributed by atoms with Crippen molar-refractivity contribution in [2.24, 2.45) is 0 Å². The monoisotopic (exact) mass is 473 g/mol. The van der Waals surface area contributed by atoms with E-state index >= 15 is 0 Å². The van der Waals surface area contributed by atoms with Crippen LogP contribution in [0.2, 0.25) is 5.02 Å². The predicted molar refractivity (Wildman–Crippen MR) is 131 cm³/mol. The van der Waals surface area contributed by atoms with E-state index in [1.807, 2.05) is 6.07 Å². The predicted octanol–water partition coefficient (Wildman–Crippen LogP) is 5.11. The quantitative estimate of drug-likeness (QED) is 0.268. The third-order valence-corrected chi connectivity index (χ3v) is 4.82. The van der Waals surface area contributed by atoms with E-state index in [1.54, 1.807) is 72.8 Å². The number of nitrogens with zero attached hydrogens (tertiary/aromatic N) is 1. The number of rotatable bonds is 8. The molecule has 3 aromatic carbocycles. The summed E-state index contributed by atoms with van der Waals surface area (Å²) in [6.45, 7) is 1.19. The number of carbonyl (C=O) groups excluding carboxylic acids is 3. The Morgan fingerprint density at radius 2 is 1.74 bits per heavy atom. The molecule has 3 rings (SSSR count). The Morgan fingerprint density at radius 1 is 1.00 bits per heavy atom. The maximum Gasteiger partial charge on any atom is 0.266 e. The highest BCUT2D eigenvalue weighted by molar-refractivity contribution is 6.30. The molecule has 7 nitrogen and oxygen atoms in total. The average molecular weight is 474 g/mol. The van der Waals surface area contributed by atoms with Gasteiger partial charge in [0.1, 0.15) is 17.4 Å². The lowest BCUT2D eigenvalue weighted by molar-refractivity contribution is -0.118. The van der Waals surface area contributed by atoms with Gasteiger partial charge in [0.05, 0.1) is 5.69 Å². The van der Waals surface area contributed by atoms with Gasteiger partial charge in [0.25, 0.3) is 11.8 Å². The van der Waals surface area contributed by atoms with Crippen molar-refractivity contribution in [3.05, 3.63) is 94.5 Å². The molecule has 3 aromatic rings. The summed E-state index contributed by atoms with van der Waals surface area (Å²) in [5, 5.41) is 15.2. The highest BCUT2D eigenvalue weighted by Crippen LogP contribution is 2.19. The smallest absolute Gasteiger partial charge is 0.266 e. The zero-order valence-electron chi connectivity index (χ0n) is 18.2. The number of hydrogen-bond donors (Lipinski definition) is 2. The molecule has 8 heteroatoms. The Morgan fingerprint density at radius 3 is 2.41 bits per heavy atom. The topological polar surface area (TPSA) is 108 Å². The van der Waals surface area contributed by atoms with Crippen LogP contribution >= 0.6 is 11.6 Å². The van der Waals surface area contributed by atoms with Crippen LogP contribution in [0.15, 0.2) is 78.4 Å². The van der Waals surface area contributed by atoms with Crippen LogP contribution in [-0.4, -0.2) is 24.2 Å². The summed E-state index contributed by atoms with van der Waals surface area (Å²) in [5.41, 5.74) is 1.71. The van der Waals surface area contributed by atoms with Crippen molar-refractivity contribution in [3.8, 4) is 11.8 Å². The molecule has 170 valence electrons. The number of hydrogen-bond acceptors (Lipinski definition) is 5. The summed E-state index contributed by atoms with van der Waals surface area (Å²) in [7, 11) is 0. The van der Waals surface area contributed by atoms with Crippen molar-refractivity contribution < 1.29 is 19.1 Å². The average Bonchev–Trinajstić information content (AvgIpc) is 2.82. The Labute approximate surface area is 201 Å². The van der Waals surface area contributed by atoms with Crippen LogP contribution in [0.1, 0.15) is 22.8 Å². The lowest BCUT2D eigenvalue weighted by atomic mass is 10.1. The fourth-order valence-electron chi connectivity index (χ4n) is 2.98. The van der Waals surface area contributed by atoms with E-state index in [1.165, 1.54) is 13.0 Å². The van der Waals surface area contributed by atoms with Gasteiger partial charge in [-0.05, 0) is 61.0 Å². The van der Waals surface area contributed by atoms with Crippen molar-refractivity contribution >= 4 is 46.6 Å². The van der Waals surface area contributed by atoms with E-state index in [-0.39, 0.29) is 23.9 Å². The number of nitriles is 1. The largest absolute Gasteiger partial charge is 0.484 e. The van der Waals surface area contributed by atoms with Crippen molar-refractivity contribution in [2.45, 2.75) is 6.92 Å². The summed E-state index contributed by atoms with van der Waals surface area (Å²) in [5.74, 6) is -0.735. The summed E-state index contributed by atoms with van der Waals surface area (Å²) < 4.78 is 5.48. The maximum atomic E-state index is 12.5. The van der Waals surface area contributed by atoms with Gasteiger partial charge in [0.15, 0.2) is 12.4 Å². The number of halogens is 1. The molecule has 0 fully saturated rings. The van der Waals surface area contributed by atoms with Gasteiger partial charge < -0.3 is 15.4 Å². The van der Waals surface area contributed by atoms with E-state index in [0.717, 1.165) is 0 Å². The molecule has 0 aliphatic carbocycles. The number of ketones is 1. The van der Waals surface area contributed by atoms with Gasteiger partial charge in [-0.2, -0.15) is 5.26 Å². The minimum Gasteiger partial charge on any atom is -0.484 e. The Kier molecular flexibility index (Phi) is 8.16. The number of Topliss-reactive ketones (excluding diaryl/α,β-unsaturated/α-hetero) is 1. The number of benzene rings is 3. The van der Waals surface area contributed by atoms with Gasteiger partial charge >= 0.3 is 0 Å². The van der Waals surface area contributed by atoms with Gasteiger partial charge in [-0.25, -0.2) is 0 Å². The summed E-state index contributed by atoms with van der Waals surface area (Å²) >= 11 is 5.90. The first kappa shape index (κ1) is 24.2. The summed E-state index contributed by atoms with van der Waals surface area (Å²) in [4.78, 5) is 36.3. The molecule has 0 atom stereocenters. The van der Waals surface area contributed by atoms with Crippen LogP contribution in [0, 0.1) is 11.3 Å². The number of ether oxygens (including phenoxy) is 1. The first-order valence-electron chi connectivity index (χ1n) is 10.2. The van der Waals surface area contributed by atoms with E-state index < -0.39 is 5.91 Å². The van der Waals surface area contributed by atoms with Gasteiger partial charge in [0, 0.05) is 16.3 Å². The lowest BCUT2D eigenvalue weighted by Gasteiger charge is -2.09. The minimum atomic E-state index is -0.630. The van der Waals surface area contributed by atoms with Crippen LogP contribution in [0.5, 0.6) is 5.75 Å². The highest BCUT2D eigenvalue weighted by atomic mass is 35.5. The summed E-state index contributed by atoms with van der Waals surface area (Å²) in [6.07, 6.45) is 1.42. The van der Waals surface area contributed by atoms with E-state index in [0.29, 0.717) is 33.3 Å². The number of anilines is 2. The lowest BCUT2D eigenvalue weighted by Crippen LogP contribution is -2.20. The molecule has 0 heterocycles. The number of carbonyl (C=O) groups is 3. The molecule has 0 spiro atoms. The minimum absolute atomic E-state index is 0.132. The van der Waals surface area contributed by atoms with Gasteiger partial charge in [-0.15, -0.1) is 0 Å². The molecule has 0 aliphatic rings. The maximum absolute atomic E-state index is 12.5. The van der Waals surface area contributed by atoms with Crippen molar-refractivity contribution in [1.82, 2.24) is 0 Å². The third kappa shape index (κ3) is 6.79. The normalized spacial score (nSPS) is 10.7. The van der Waals surface area contributed by atoms with Crippen LogP contribution in [-0.2, 0) is 9.59 Å². The summed E-state index contributed by atoms with van der Waals surface area (Å²) in [6, 6.07) is 21.8. The molecule has 2 amide bonds. The Bertz CT molecular complexity index is 1290. The van der Waals surface area contributed by atoms with Gasteiger partial charge in [-0.1, -0.05) is 41.9 Å². The number of para-hydroxylation sites is 1. The fourth-order valence-corrected chi connectivity index (χ4v) is 3.17. The zero-order valence-corrected chi connectivity index (χ0v) is 18.9. The second kappa shape index (κ2) is 11.5. The molecular weight excluding hydrogens is 454 g/mol. The second-order valence-electron chi connectivity index (χ2n) is 7.14. The van der Waals surface area contributed by atoms with Crippen molar-refractivity contribution in [1.29, 1.82) is 5.26 Å². The Balaban J connectivity index is 1.61. The van der Waals surface area contributed by atoms with Crippen LogP contribution < -0.4 is 15.4 Å². The van der Waals surface area contributed by atoms with Crippen molar-refractivity contribution in [2.75, 3.05) is 17.2 Å². The molecule has 0 bridgehead atoms. The first-order valence-corrected chi connectivity index (χ1v) is 10.5. The van der Waals surface area contributed by atoms with Crippen LogP contribution in [0.4, 0.5) is 11.4 Å². The molecule has 34 heavy (non-hydrogen) atoms. The second-order valence-corrected chi connectivity index (χ2v) is 7.58. The third-order valence-electron chi connectivity index (χ3n) is 4.59. The molecule has 0 aliphatic heterocycles. The van der Waals surface area contributed by atoms with E-state index in [4.69, 9.17) is 16.3 Å². The molecule has 0 saturated carbocycles. The molecule has 0 aromatic heterocycles. The molecule has 0 radical (unpaired) electrons. The SMILES string of the molecule is CC(=O)c1ccccc1NC(=O)/C(C#N)=C\c1ccc(OCC(=O)Nc2cccc(Cl)c2)cc1. The zero-order chi connectivity index (χ0) is 24.5. The molecule has 0 unspecified atom stereocenters. The van der Waals surface area contributed by atoms with Gasteiger partial charge in [0.2, 0.25) is 0 Å². The van der Waals surface area contributed by atoms with Crippen molar-refractivity contribution in [3.63, 3.8) is 0 Å². The fraction of sp³-hybridized carbons (Fsp3) is 0.0769. The number of nitrogens with one attached hydrogen (secondary N) is 2. The first-order chi connectivity index (χ1) is 16.4. The Hall–Kier alpha value is -4.41. The van der Waals surface area contributed by atoms with E-state index in [9.17, 15) is 19.6 Å².